The number of aryl methyl sites for hydroxylation is 1. The minimum Gasteiger partial charge on any atom is -0.251 e. The highest BCUT2D eigenvalue weighted by atomic mass is 35.5. The Labute approximate surface area is 116 Å². The Bertz CT molecular complexity index is 516. The molecule has 5 heteroatoms. The first-order valence-corrected chi connectivity index (χ1v) is 7.46. The van der Waals surface area contributed by atoms with Gasteiger partial charge >= 0.3 is 0 Å². The summed E-state index contributed by atoms with van der Waals surface area (Å²) in [4.78, 5) is 1.41. The molecule has 1 unspecified atom stereocenters. The fourth-order valence-electron chi connectivity index (χ4n) is 2.20. The van der Waals surface area contributed by atoms with E-state index in [0.29, 0.717) is 11.1 Å². The number of hydrogen-bond donors (Lipinski definition) is 0. The highest BCUT2D eigenvalue weighted by Crippen LogP contribution is 2.37. The summed E-state index contributed by atoms with van der Waals surface area (Å²) in [5.74, 6) is 0.600. The zero-order chi connectivity index (χ0) is 12.4. The molecule has 1 aromatic heterocycles. The maximum absolute atomic E-state index is 5.70. The number of alkyl halides is 1. The van der Waals surface area contributed by atoms with Crippen LogP contribution in [-0.2, 0) is 19.4 Å². The van der Waals surface area contributed by atoms with Crippen molar-refractivity contribution in [1.29, 1.82) is 0 Å². The first-order valence-electron chi connectivity index (χ1n) is 6.04. The van der Waals surface area contributed by atoms with E-state index in [1.54, 1.807) is 0 Å². The van der Waals surface area contributed by atoms with Crippen molar-refractivity contribution in [2.24, 2.45) is 0 Å². The molecule has 3 rings (SSSR count). The van der Waals surface area contributed by atoms with Crippen LogP contribution in [0.25, 0.3) is 0 Å². The van der Waals surface area contributed by atoms with Gasteiger partial charge in [0.15, 0.2) is 0 Å². The molecule has 18 heavy (non-hydrogen) atoms. The molecule has 3 nitrogen and oxygen atoms in total. The summed E-state index contributed by atoms with van der Waals surface area (Å²) in [5, 5.41) is 8.84. The van der Waals surface area contributed by atoms with Crippen molar-refractivity contribution >= 4 is 23.4 Å². The van der Waals surface area contributed by atoms with Gasteiger partial charge in [0, 0.05) is 28.6 Å². The van der Waals surface area contributed by atoms with Crippen molar-refractivity contribution in [1.82, 2.24) is 15.0 Å². The normalized spacial score (nSPS) is 17.9. The predicted octanol–water partition coefficient (Wildman–Crippen LogP) is 2.78. The van der Waals surface area contributed by atoms with E-state index in [1.165, 1.54) is 10.5 Å². The van der Waals surface area contributed by atoms with Gasteiger partial charge < -0.3 is 0 Å². The molecule has 1 atom stereocenters. The molecule has 0 radical (unpaired) electrons. The fraction of sp³-hybridized carbons (Fsp3) is 0.385. The average Bonchev–Trinajstić information content (AvgIpc) is 2.96. The molecular weight excluding hydrogens is 266 g/mol. The van der Waals surface area contributed by atoms with Crippen molar-refractivity contribution < 1.29 is 0 Å². The smallest absolute Gasteiger partial charge is 0.0839 e. The number of halogens is 1. The van der Waals surface area contributed by atoms with Crippen LogP contribution in [0.3, 0.4) is 0 Å². The van der Waals surface area contributed by atoms with E-state index in [2.05, 4.69) is 34.6 Å². The number of thioether (sulfide) groups is 1. The van der Waals surface area contributed by atoms with Gasteiger partial charge in [-0.2, -0.15) is 0 Å². The third-order valence-electron chi connectivity index (χ3n) is 3.04. The molecule has 0 bridgehead atoms. The summed E-state index contributed by atoms with van der Waals surface area (Å²) in [6, 6.07) is 8.61. The van der Waals surface area contributed by atoms with Gasteiger partial charge in [0.1, 0.15) is 0 Å². The minimum atomic E-state index is 0.563. The Hall–Kier alpha value is -1.00. The van der Waals surface area contributed by atoms with Gasteiger partial charge in [0.2, 0.25) is 0 Å². The van der Waals surface area contributed by atoms with E-state index >= 15 is 0 Å². The average molecular weight is 280 g/mol. The molecule has 2 aromatic rings. The Balaban J connectivity index is 1.65. The first-order chi connectivity index (χ1) is 8.85. The van der Waals surface area contributed by atoms with Gasteiger partial charge in [-0.1, -0.05) is 23.4 Å². The molecule has 1 aliphatic rings. The molecule has 0 aliphatic carbocycles. The Kier molecular flexibility index (Phi) is 3.57. The highest BCUT2D eigenvalue weighted by molar-refractivity contribution is 8.00. The van der Waals surface area contributed by atoms with E-state index < -0.39 is 0 Å². The lowest BCUT2D eigenvalue weighted by Gasteiger charge is -2.06. The highest BCUT2D eigenvalue weighted by Gasteiger charge is 2.22. The lowest BCUT2D eigenvalue weighted by atomic mass is 10.1. The molecule has 94 valence electrons. The molecule has 1 aliphatic heterocycles. The summed E-state index contributed by atoms with van der Waals surface area (Å²) >= 11 is 7.63. The second kappa shape index (κ2) is 5.33. The third kappa shape index (κ3) is 2.54. The number of hydrogen-bond acceptors (Lipinski definition) is 3. The predicted molar refractivity (Wildman–Crippen MR) is 74.2 cm³/mol. The number of benzene rings is 1. The van der Waals surface area contributed by atoms with Crippen LogP contribution < -0.4 is 0 Å². The molecule has 0 amide bonds. The Morgan fingerprint density at radius 1 is 1.39 bits per heavy atom. The van der Waals surface area contributed by atoms with Gasteiger partial charge in [-0.15, -0.1) is 28.5 Å². The van der Waals surface area contributed by atoms with Crippen LogP contribution in [0.2, 0.25) is 0 Å². The van der Waals surface area contributed by atoms with Crippen molar-refractivity contribution in [3.05, 3.63) is 41.7 Å². The van der Waals surface area contributed by atoms with E-state index in [4.69, 9.17) is 11.6 Å². The lowest BCUT2D eigenvalue weighted by Crippen LogP contribution is -2.12. The molecular formula is C13H14ClN3S. The van der Waals surface area contributed by atoms with Crippen LogP contribution in [0, 0.1) is 0 Å². The van der Waals surface area contributed by atoms with Crippen molar-refractivity contribution in [3.63, 3.8) is 0 Å². The van der Waals surface area contributed by atoms with Crippen LogP contribution >= 0.6 is 23.4 Å². The standard InChI is InChI=1S/C13H14ClN3S/c14-6-5-11-8-17(16-15-11)9-12-7-10-3-1-2-4-13(10)18-12/h1-4,8,12H,5-7,9H2. The summed E-state index contributed by atoms with van der Waals surface area (Å²) < 4.78 is 1.94. The van der Waals surface area contributed by atoms with E-state index in [9.17, 15) is 0 Å². The molecule has 0 saturated carbocycles. The van der Waals surface area contributed by atoms with Crippen LogP contribution in [0.1, 0.15) is 11.3 Å². The maximum atomic E-state index is 5.70. The quantitative estimate of drug-likeness (QED) is 0.807. The summed E-state index contributed by atoms with van der Waals surface area (Å²) in [6.07, 6.45) is 3.91. The van der Waals surface area contributed by atoms with E-state index in [0.717, 1.165) is 25.1 Å². The van der Waals surface area contributed by atoms with Gasteiger partial charge in [-0.3, -0.25) is 4.68 Å². The summed E-state index contributed by atoms with van der Waals surface area (Å²) in [5.41, 5.74) is 2.43. The van der Waals surface area contributed by atoms with Crippen LogP contribution in [0.4, 0.5) is 0 Å². The second-order valence-corrected chi connectivity index (χ2v) is 6.14. The largest absolute Gasteiger partial charge is 0.251 e. The minimum absolute atomic E-state index is 0.563. The molecule has 0 saturated heterocycles. The Morgan fingerprint density at radius 3 is 3.11 bits per heavy atom. The molecule has 1 aromatic carbocycles. The van der Waals surface area contributed by atoms with Crippen molar-refractivity contribution in [3.8, 4) is 0 Å². The van der Waals surface area contributed by atoms with E-state index in [1.807, 2.05) is 22.6 Å². The number of rotatable bonds is 4. The third-order valence-corrected chi connectivity index (χ3v) is 4.53. The zero-order valence-corrected chi connectivity index (χ0v) is 11.5. The lowest BCUT2D eigenvalue weighted by molar-refractivity contribution is 0.572. The van der Waals surface area contributed by atoms with Gasteiger partial charge in [-0.05, 0) is 18.1 Å². The SMILES string of the molecule is ClCCc1cn(CC2Cc3ccccc3S2)nn1. The van der Waals surface area contributed by atoms with Gasteiger partial charge in [0.05, 0.1) is 12.2 Å². The molecule has 0 fully saturated rings. The van der Waals surface area contributed by atoms with Gasteiger partial charge in [-0.25, -0.2) is 0 Å². The zero-order valence-electron chi connectivity index (χ0n) is 9.92. The number of aromatic nitrogens is 3. The summed E-state index contributed by atoms with van der Waals surface area (Å²) in [6.45, 7) is 0.911. The van der Waals surface area contributed by atoms with Gasteiger partial charge in [0.25, 0.3) is 0 Å². The number of nitrogens with zero attached hydrogens (tertiary/aromatic N) is 3. The van der Waals surface area contributed by atoms with Crippen LogP contribution in [0.15, 0.2) is 35.4 Å². The first kappa shape index (κ1) is 12.1. The molecule has 0 N–H and O–H groups in total. The van der Waals surface area contributed by atoms with Crippen LogP contribution in [0.5, 0.6) is 0 Å². The Morgan fingerprint density at radius 2 is 2.28 bits per heavy atom. The molecule has 0 spiro atoms. The van der Waals surface area contributed by atoms with Crippen LogP contribution in [-0.4, -0.2) is 26.1 Å². The fourth-order valence-corrected chi connectivity index (χ4v) is 3.71. The molecule has 2 heterocycles. The van der Waals surface area contributed by atoms with Crippen molar-refractivity contribution in [2.75, 3.05) is 5.88 Å². The van der Waals surface area contributed by atoms with Crippen molar-refractivity contribution in [2.45, 2.75) is 29.5 Å². The monoisotopic (exact) mass is 279 g/mol. The second-order valence-electron chi connectivity index (χ2n) is 4.42. The van der Waals surface area contributed by atoms with E-state index in [-0.39, 0.29) is 0 Å². The summed E-state index contributed by atoms with van der Waals surface area (Å²) in [7, 11) is 0. The maximum Gasteiger partial charge on any atom is 0.0839 e. The topological polar surface area (TPSA) is 30.7 Å². The number of fused-ring (bicyclic) bond motifs is 1.